The number of hydrogen-bond acceptors (Lipinski definition) is 4. The monoisotopic (exact) mass is 309 g/mol. The number of hydrogen-bond donors (Lipinski definition) is 3. The molecule has 6 nitrogen and oxygen atoms in total. The molecule has 0 spiro atoms. The Kier molecular flexibility index (Phi) is 3.20. The first-order valence-corrected chi connectivity index (χ1v) is 7.75. The van der Waals surface area contributed by atoms with Crippen LogP contribution in [0.2, 0.25) is 0 Å². The lowest BCUT2D eigenvalue weighted by molar-refractivity contribution is -0.147. The lowest BCUT2D eigenvalue weighted by Crippen LogP contribution is -2.61. The predicted octanol–water partition coefficient (Wildman–Crippen LogP) is 2.60. The number of amides is 1. The molecule has 4 bridgehead atoms. The zero-order valence-electron chi connectivity index (χ0n) is 13.2. The van der Waals surface area contributed by atoms with Crippen LogP contribution in [0, 0.1) is 17.3 Å². The number of fused-ring (bicyclic) bond motifs is 1. The van der Waals surface area contributed by atoms with Crippen LogP contribution < -0.4 is 5.32 Å². The zero-order chi connectivity index (χ0) is 16.3. The molecule has 0 aliphatic heterocycles. The summed E-state index contributed by atoms with van der Waals surface area (Å²) in [5.41, 5.74) is -0.146. The van der Waals surface area contributed by atoms with Crippen molar-refractivity contribution in [1.29, 1.82) is 0 Å². The molecule has 1 amide bonds. The summed E-state index contributed by atoms with van der Waals surface area (Å²) in [5.74, 6) is -0.149. The summed E-state index contributed by atoms with van der Waals surface area (Å²) in [7, 11) is 0. The number of carboxylic acid groups (broad SMARTS) is 1. The molecule has 22 heavy (non-hydrogen) atoms. The maximum Gasteiger partial charge on any atom is 0.408 e. The lowest BCUT2D eigenvalue weighted by atomic mass is 9.45. The van der Waals surface area contributed by atoms with Gasteiger partial charge in [0, 0.05) is 11.8 Å². The predicted molar refractivity (Wildman–Crippen MR) is 78.3 cm³/mol. The van der Waals surface area contributed by atoms with Gasteiger partial charge in [-0.15, -0.1) is 0 Å². The fourth-order valence-electron chi connectivity index (χ4n) is 4.51. The van der Waals surface area contributed by atoms with E-state index in [0.717, 1.165) is 24.8 Å². The molecule has 0 radical (unpaired) electrons. The number of carbonyl (C=O) groups is 2. The highest BCUT2D eigenvalue weighted by atomic mass is 16.6. The number of aliphatic carboxylic acids is 1. The van der Waals surface area contributed by atoms with Gasteiger partial charge in [-0.1, -0.05) is 0 Å². The van der Waals surface area contributed by atoms with Crippen LogP contribution >= 0.6 is 0 Å². The molecule has 0 aromatic heterocycles. The van der Waals surface area contributed by atoms with E-state index in [1.165, 1.54) is 0 Å². The number of aliphatic hydroxyl groups excluding tert-OH is 1. The zero-order valence-corrected chi connectivity index (χ0v) is 13.2. The number of ether oxygens (including phenoxy) is 1. The Labute approximate surface area is 129 Å². The summed E-state index contributed by atoms with van der Waals surface area (Å²) in [6, 6.07) is -1.03. The highest BCUT2D eigenvalue weighted by Crippen LogP contribution is 2.65. The van der Waals surface area contributed by atoms with E-state index >= 15 is 0 Å². The van der Waals surface area contributed by atoms with E-state index in [4.69, 9.17) is 4.74 Å². The van der Waals surface area contributed by atoms with Crippen molar-refractivity contribution in [1.82, 2.24) is 5.32 Å². The van der Waals surface area contributed by atoms with Crippen LogP contribution in [0.25, 0.3) is 0 Å². The normalized spacial score (nSPS) is 34.0. The Balaban J connectivity index is 1.80. The van der Waals surface area contributed by atoms with E-state index in [1.54, 1.807) is 20.8 Å². The van der Waals surface area contributed by atoms with E-state index < -0.39 is 29.1 Å². The first kappa shape index (κ1) is 15.2. The molecule has 3 fully saturated rings. The van der Waals surface area contributed by atoms with Gasteiger partial charge in [-0.3, -0.25) is 0 Å². The molecule has 0 saturated heterocycles. The number of nitrogens with one attached hydrogen (secondary N) is 1. The number of aliphatic hydroxyl groups is 1. The maximum absolute atomic E-state index is 12.0. The lowest BCUT2D eigenvalue weighted by Gasteiger charge is -2.59. The van der Waals surface area contributed by atoms with Gasteiger partial charge in [0.15, 0.2) is 0 Å². The van der Waals surface area contributed by atoms with E-state index in [9.17, 15) is 19.8 Å². The van der Waals surface area contributed by atoms with Crippen molar-refractivity contribution in [2.45, 2.75) is 58.1 Å². The van der Waals surface area contributed by atoms with Gasteiger partial charge < -0.3 is 20.3 Å². The summed E-state index contributed by atoms with van der Waals surface area (Å²) < 4.78 is 5.19. The van der Waals surface area contributed by atoms with Crippen molar-refractivity contribution in [3.63, 3.8) is 0 Å². The second-order valence-corrected chi connectivity index (χ2v) is 7.90. The standard InChI is InChI=1S/C16H23NO5/c1-15(2,3)22-14(21)17-12(13(19)20)16-5-8-4-9(6-16)11(8)10(18)7-16/h8-9,12,18H,4-7H2,1-3H3,(H,17,21)(H,19,20). The summed E-state index contributed by atoms with van der Waals surface area (Å²) >= 11 is 0. The molecule has 3 saturated carbocycles. The van der Waals surface area contributed by atoms with E-state index in [1.807, 2.05) is 0 Å². The molecule has 3 unspecified atom stereocenters. The van der Waals surface area contributed by atoms with Crippen LogP contribution in [0.15, 0.2) is 11.3 Å². The molecule has 3 N–H and O–H groups in total. The van der Waals surface area contributed by atoms with Gasteiger partial charge in [0.1, 0.15) is 11.6 Å². The third-order valence-corrected chi connectivity index (χ3v) is 5.13. The Morgan fingerprint density at radius 1 is 1.32 bits per heavy atom. The van der Waals surface area contributed by atoms with Gasteiger partial charge in [-0.25, -0.2) is 9.59 Å². The molecule has 3 atom stereocenters. The number of carbonyl (C=O) groups excluding carboxylic acids is 1. The largest absolute Gasteiger partial charge is 0.512 e. The minimum Gasteiger partial charge on any atom is -0.512 e. The smallest absolute Gasteiger partial charge is 0.408 e. The summed E-state index contributed by atoms with van der Waals surface area (Å²) in [5, 5.41) is 22.3. The van der Waals surface area contributed by atoms with Crippen molar-refractivity contribution < 1.29 is 24.5 Å². The van der Waals surface area contributed by atoms with Crippen LogP contribution in [-0.2, 0) is 9.53 Å². The Morgan fingerprint density at radius 3 is 2.36 bits per heavy atom. The highest BCUT2D eigenvalue weighted by Gasteiger charge is 2.60. The van der Waals surface area contributed by atoms with Crippen molar-refractivity contribution in [3.8, 4) is 0 Å². The molecule has 5 aliphatic rings. The minimum absolute atomic E-state index is 0.287. The van der Waals surface area contributed by atoms with Crippen LogP contribution in [0.4, 0.5) is 4.79 Å². The average molecular weight is 309 g/mol. The highest BCUT2D eigenvalue weighted by molar-refractivity contribution is 5.81. The third kappa shape index (κ3) is 2.34. The first-order valence-electron chi connectivity index (χ1n) is 7.75. The maximum atomic E-state index is 12.0. The summed E-state index contributed by atoms with van der Waals surface area (Å²) in [4.78, 5) is 23.7. The van der Waals surface area contributed by atoms with Crippen molar-refractivity contribution in [2.75, 3.05) is 0 Å². The molecular weight excluding hydrogens is 286 g/mol. The number of rotatable bonds is 3. The van der Waals surface area contributed by atoms with Crippen molar-refractivity contribution in [3.05, 3.63) is 11.3 Å². The number of alkyl carbamates (subject to hydrolysis) is 1. The average Bonchev–Trinajstić information content (AvgIpc) is 2.32. The second-order valence-electron chi connectivity index (χ2n) is 7.90. The van der Waals surface area contributed by atoms with Gasteiger partial charge in [0.05, 0.1) is 5.76 Å². The molecule has 5 rings (SSSR count). The summed E-state index contributed by atoms with van der Waals surface area (Å²) in [6.45, 7) is 5.20. The molecular formula is C16H23NO5. The third-order valence-electron chi connectivity index (χ3n) is 5.13. The molecule has 0 aromatic carbocycles. The topological polar surface area (TPSA) is 95.9 Å². The number of carboxylic acids is 1. The second kappa shape index (κ2) is 4.64. The van der Waals surface area contributed by atoms with E-state index in [0.29, 0.717) is 12.2 Å². The van der Waals surface area contributed by atoms with E-state index in [-0.39, 0.29) is 11.8 Å². The molecule has 5 aliphatic carbocycles. The Morgan fingerprint density at radius 2 is 1.91 bits per heavy atom. The first-order chi connectivity index (χ1) is 10.1. The van der Waals surface area contributed by atoms with Gasteiger partial charge in [0.25, 0.3) is 0 Å². The van der Waals surface area contributed by atoms with Crippen LogP contribution in [0.3, 0.4) is 0 Å². The minimum atomic E-state index is -1.07. The van der Waals surface area contributed by atoms with Crippen LogP contribution in [0.1, 0.15) is 46.5 Å². The molecule has 0 heterocycles. The fourth-order valence-corrected chi connectivity index (χ4v) is 4.51. The van der Waals surface area contributed by atoms with Crippen molar-refractivity contribution in [2.24, 2.45) is 17.3 Å². The van der Waals surface area contributed by atoms with E-state index in [2.05, 4.69) is 5.32 Å². The van der Waals surface area contributed by atoms with Gasteiger partial charge in [-0.2, -0.15) is 0 Å². The Hall–Kier alpha value is -1.72. The molecule has 122 valence electrons. The van der Waals surface area contributed by atoms with Crippen LogP contribution in [0.5, 0.6) is 0 Å². The molecule has 6 heteroatoms. The number of allylic oxidation sites excluding steroid dienone is 2. The van der Waals surface area contributed by atoms with Gasteiger partial charge in [0.2, 0.25) is 0 Å². The molecule has 0 aromatic rings. The van der Waals surface area contributed by atoms with Gasteiger partial charge in [-0.05, 0) is 57.4 Å². The quantitative estimate of drug-likeness (QED) is 0.744. The Bertz CT molecular complexity index is 545. The summed E-state index contributed by atoms with van der Waals surface area (Å²) in [6.07, 6.45) is 2.08. The van der Waals surface area contributed by atoms with Gasteiger partial charge >= 0.3 is 12.1 Å². The van der Waals surface area contributed by atoms with Crippen LogP contribution in [-0.4, -0.2) is 33.9 Å². The van der Waals surface area contributed by atoms with Crippen molar-refractivity contribution >= 4 is 12.1 Å². The fraction of sp³-hybridized carbons (Fsp3) is 0.750. The SMILES string of the molecule is CC(C)(C)OC(=O)NC(C(=O)O)C12CC(O)=C3C(CC3C1)C2.